The summed E-state index contributed by atoms with van der Waals surface area (Å²) in [5.74, 6) is -0.720. The van der Waals surface area contributed by atoms with Crippen LogP contribution in [0.5, 0.6) is 0 Å². The maximum absolute atomic E-state index is 10.8. The van der Waals surface area contributed by atoms with Crippen molar-refractivity contribution in [2.75, 3.05) is 0 Å². The van der Waals surface area contributed by atoms with Crippen LogP contribution in [0.15, 0.2) is 28.8 Å². The monoisotopic (exact) mass is 237 g/mol. The lowest BCUT2D eigenvalue weighted by atomic mass is 10.1. The lowest BCUT2D eigenvalue weighted by Crippen LogP contribution is -1.98. The number of benzene rings is 1. The second kappa shape index (κ2) is 3.98. The predicted octanol–water partition coefficient (Wildman–Crippen LogP) is 3.00. The van der Waals surface area contributed by atoms with Crippen LogP contribution < -0.4 is 0 Å². The van der Waals surface area contributed by atoms with E-state index in [1.54, 1.807) is 31.2 Å². The quantitative estimate of drug-likeness (QED) is 0.872. The molecule has 0 saturated heterocycles. The van der Waals surface area contributed by atoms with Gasteiger partial charge in [-0.1, -0.05) is 28.9 Å². The summed E-state index contributed by atoms with van der Waals surface area (Å²) >= 11 is 5.98. The van der Waals surface area contributed by atoms with Crippen molar-refractivity contribution in [3.05, 3.63) is 40.5 Å². The first-order valence-corrected chi connectivity index (χ1v) is 4.93. The maximum Gasteiger partial charge on any atom is 0.358 e. The highest BCUT2D eigenvalue weighted by Gasteiger charge is 2.19. The lowest BCUT2D eigenvalue weighted by Gasteiger charge is -1.99. The van der Waals surface area contributed by atoms with Crippen LogP contribution in [0.2, 0.25) is 5.02 Å². The highest BCUT2D eigenvalue weighted by Crippen LogP contribution is 2.31. The van der Waals surface area contributed by atoms with Gasteiger partial charge in [-0.25, -0.2) is 4.79 Å². The topological polar surface area (TPSA) is 63.3 Å². The van der Waals surface area contributed by atoms with E-state index in [2.05, 4.69) is 5.16 Å². The molecule has 0 fully saturated rings. The molecule has 0 spiro atoms. The van der Waals surface area contributed by atoms with Gasteiger partial charge in [-0.15, -0.1) is 0 Å². The first-order chi connectivity index (χ1) is 7.61. The Morgan fingerprint density at radius 3 is 2.69 bits per heavy atom. The minimum atomic E-state index is -1.11. The van der Waals surface area contributed by atoms with E-state index in [1.165, 1.54) is 0 Å². The fourth-order valence-electron chi connectivity index (χ4n) is 1.43. The molecule has 1 heterocycles. The third-order valence-electron chi connectivity index (χ3n) is 2.25. The SMILES string of the molecule is Cc1c(C(=O)O)noc1-c1ccccc1Cl. The van der Waals surface area contributed by atoms with Crippen LogP contribution in [0.1, 0.15) is 16.1 Å². The molecule has 0 aliphatic rings. The van der Waals surface area contributed by atoms with Gasteiger partial charge in [0.25, 0.3) is 0 Å². The first-order valence-electron chi connectivity index (χ1n) is 4.55. The van der Waals surface area contributed by atoms with E-state index >= 15 is 0 Å². The summed E-state index contributed by atoms with van der Waals surface area (Å²) in [5, 5.41) is 12.8. The Bertz CT molecular complexity index is 548. The van der Waals surface area contributed by atoms with Crippen molar-refractivity contribution in [1.82, 2.24) is 5.16 Å². The van der Waals surface area contributed by atoms with Crippen molar-refractivity contribution >= 4 is 17.6 Å². The summed E-state index contributed by atoms with van der Waals surface area (Å²) in [5.41, 5.74) is 1.03. The van der Waals surface area contributed by atoms with Crippen LogP contribution in [0.4, 0.5) is 0 Å². The van der Waals surface area contributed by atoms with Gasteiger partial charge in [-0.2, -0.15) is 0 Å². The number of carbonyl (C=O) groups is 1. The molecule has 0 saturated carbocycles. The molecule has 4 nitrogen and oxygen atoms in total. The number of nitrogens with zero attached hydrogens (tertiary/aromatic N) is 1. The Hall–Kier alpha value is -1.81. The molecular weight excluding hydrogens is 230 g/mol. The van der Waals surface area contributed by atoms with E-state index in [0.717, 1.165) is 0 Å². The zero-order valence-electron chi connectivity index (χ0n) is 8.40. The molecule has 0 radical (unpaired) electrons. The molecule has 2 aromatic rings. The van der Waals surface area contributed by atoms with Gasteiger partial charge in [0.1, 0.15) is 0 Å². The molecule has 82 valence electrons. The summed E-state index contributed by atoms with van der Waals surface area (Å²) in [6, 6.07) is 7.04. The van der Waals surface area contributed by atoms with Gasteiger partial charge in [0, 0.05) is 11.1 Å². The standard InChI is InChI=1S/C11H8ClNO3/c1-6-9(11(14)15)13-16-10(6)7-4-2-3-5-8(7)12/h2-5H,1H3,(H,14,15). The molecule has 0 atom stereocenters. The maximum atomic E-state index is 10.8. The molecule has 1 aromatic heterocycles. The molecular formula is C11H8ClNO3. The molecule has 0 aliphatic heterocycles. The number of carboxylic acid groups (broad SMARTS) is 1. The van der Waals surface area contributed by atoms with Crippen molar-refractivity contribution in [1.29, 1.82) is 0 Å². The molecule has 1 N–H and O–H groups in total. The zero-order chi connectivity index (χ0) is 11.7. The molecule has 0 amide bonds. The van der Waals surface area contributed by atoms with Gasteiger partial charge in [0.15, 0.2) is 11.5 Å². The van der Waals surface area contributed by atoms with E-state index < -0.39 is 5.97 Å². The average Bonchev–Trinajstić information content (AvgIpc) is 2.61. The van der Waals surface area contributed by atoms with Gasteiger partial charge in [0.05, 0.1) is 5.02 Å². The van der Waals surface area contributed by atoms with E-state index in [1.807, 2.05) is 0 Å². The Morgan fingerprint density at radius 2 is 2.12 bits per heavy atom. The number of aromatic nitrogens is 1. The van der Waals surface area contributed by atoms with Crippen molar-refractivity contribution in [2.45, 2.75) is 6.92 Å². The first kappa shape index (κ1) is 10.7. The van der Waals surface area contributed by atoms with E-state index in [0.29, 0.717) is 21.9 Å². The highest BCUT2D eigenvalue weighted by atomic mass is 35.5. The smallest absolute Gasteiger partial charge is 0.358 e. The Balaban J connectivity index is 2.58. The van der Waals surface area contributed by atoms with Crippen LogP contribution in [0.3, 0.4) is 0 Å². The summed E-state index contributed by atoms with van der Waals surface area (Å²) in [6.45, 7) is 1.64. The number of carboxylic acids is 1. The van der Waals surface area contributed by atoms with Crippen LogP contribution in [-0.4, -0.2) is 16.2 Å². The molecule has 16 heavy (non-hydrogen) atoms. The fraction of sp³-hybridized carbons (Fsp3) is 0.0909. The van der Waals surface area contributed by atoms with Gasteiger partial charge in [-0.3, -0.25) is 0 Å². The third kappa shape index (κ3) is 1.67. The summed E-state index contributed by atoms with van der Waals surface area (Å²) < 4.78 is 5.01. The van der Waals surface area contributed by atoms with Crippen LogP contribution in [0.25, 0.3) is 11.3 Å². The van der Waals surface area contributed by atoms with Crippen molar-refractivity contribution in [3.8, 4) is 11.3 Å². The Labute approximate surface area is 96.4 Å². The number of aromatic carboxylic acids is 1. The summed E-state index contributed by atoms with van der Waals surface area (Å²) in [4.78, 5) is 10.8. The second-order valence-electron chi connectivity index (χ2n) is 3.27. The number of rotatable bonds is 2. The van der Waals surface area contributed by atoms with Gasteiger partial charge >= 0.3 is 5.97 Å². The average molecular weight is 238 g/mol. The highest BCUT2D eigenvalue weighted by molar-refractivity contribution is 6.33. The molecule has 0 aliphatic carbocycles. The lowest BCUT2D eigenvalue weighted by molar-refractivity contribution is 0.0685. The largest absolute Gasteiger partial charge is 0.476 e. The molecule has 0 unspecified atom stereocenters. The number of halogens is 1. The Kier molecular flexibility index (Phi) is 2.66. The normalized spacial score (nSPS) is 10.4. The van der Waals surface area contributed by atoms with Gasteiger partial charge in [-0.05, 0) is 19.1 Å². The fourth-order valence-corrected chi connectivity index (χ4v) is 1.65. The van der Waals surface area contributed by atoms with E-state index in [-0.39, 0.29) is 5.69 Å². The Morgan fingerprint density at radius 1 is 1.44 bits per heavy atom. The van der Waals surface area contributed by atoms with Crippen molar-refractivity contribution in [3.63, 3.8) is 0 Å². The minimum absolute atomic E-state index is 0.0880. The van der Waals surface area contributed by atoms with Gasteiger partial charge in [0.2, 0.25) is 0 Å². The van der Waals surface area contributed by atoms with Crippen molar-refractivity contribution < 1.29 is 14.4 Å². The molecule has 0 bridgehead atoms. The number of hydrogen-bond acceptors (Lipinski definition) is 3. The summed E-state index contributed by atoms with van der Waals surface area (Å²) in [7, 11) is 0. The predicted molar refractivity (Wildman–Crippen MR) is 58.6 cm³/mol. The molecule has 1 aromatic carbocycles. The van der Waals surface area contributed by atoms with Crippen LogP contribution in [-0.2, 0) is 0 Å². The number of hydrogen-bond donors (Lipinski definition) is 1. The summed E-state index contributed by atoms with van der Waals surface area (Å²) in [6.07, 6.45) is 0. The van der Waals surface area contributed by atoms with Crippen molar-refractivity contribution in [2.24, 2.45) is 0 Å². The second-order valence-corrected chi connectivity index (χ2v) is 3.68. The van der Waals surface area contributed by atoms with Gasteiger partial charge < -0.3 is 9.63 Å². The minimum Gasteiger partial charge on any atom is -0.476 e. The van der Waals surface area contributed by atoms with Crippen LogP contribution in [0, 0.1) is 6.92 Å². The third-order valence-corrected chi connectivity index (χ3v) is 2.57. The molecule has 2 rings (SSSR count). The van der Waals surface area contributed by atoms with Crippen LogP contribution >= 0.6 is 11.6 Å². The van der Waals surface area contributed by atoms with E-state index in [4.69, 9.17) is 21.2 Å². The molecule has 5 heteroatoms. The zero-order valence-corrected chi connectivity index (χ0v) is 9.15. The van der Waals surface area contributed by atoms with E-state index in [9.17, 15) is 4.79 Å².